The highest BCUT2D eigenvalue weighted by atomic mass is 32.1. The summed E-state index contributed by atoms with van der Waals surface area (Å²) in [5.41, 5.74) is 0.822. The molecule has 0 saturated carbocycles. The van der Waals surface area contributed by atoms with Gasteiger partial charge in [-0.05, 0) is 51.3 Å². The van der Waals surface area contributed by atoms with Crippen molar-refractivity contribution in [3.05, 3.63) is 21.9 Å². The lowest BCUT2D eigenvalue weighted by Crippen LogP contribution is -2.44. The lowest BCUT2D eigenvalue weighted by molar-refractivity contribution is 0.0922. The molecule has 1 aromatic rings. The normalized spacial score (nSPS) is 18.6. The molecule has 0 aliphatic carbocycles. The van der Waals surface area contributed by atoms with E-state index in [-0.39, 0.29) is 11.9 Å². The van der Waals surface area contributed by atoms with Gasteiger partial charge in [0, 0.05) is 22.8 Å². The van der Waals surface area contributed by atoms with E-state index < -0.39 is 0 Å². The summed E-state index contributed by atoms with van der Waals surface area (Å²) in [4.78, 5) is 16.0. The van der Waals surface area contributed by atoms with Crippen LogP contribution in [0.2, 0.25) is 0 Å². The molecule has 4 heteroatoms. The van der Waals surface area contributed by atoms with E-state index in [1.165, 1.54) is 30.8 Å². The highest BCUT2D eigenvalue weighted by Crippen LogP contribution is 2.17. The van der Waals surface area contributed by atoms with E-state index in [0.29, 0.717) is 0 Å². The number of likely N-dealkylation sites (tertiary alicyclic amines) is 1. The number of carbonyl (C=O) groups excluding carboxylic acids is 1. The minimum absolute atomic E-state index is 0.0754. The van der Waals surface area contributed by atoms with Gasteiger partial charge >= 0.3 is 0 Å². The van der Waals surface area contributed by atoms with Crippen molar-refractivity contribution in [1.29, 1.82) is 0 Å². The second-order valence-corrected chi connectivity index (χ2v) is 7.41. The van der Waals surface area contributed by atoms with Crippen LogP contribution in [-0.4, -0.2) is 36.5 Å². The Morgan fingerprint density at radius 1 is 1.48 bits per heavy atom. The fraction of sp³-hybridized carbons (Fsp3) is 0.706. The van der Waals surface area contributed by atoms with Gasteiger partial charge < -0.3 is 10.2 Å². The average Bonchev–Trinajstić information content (AvgIpc) is 2.90. The van der Waals surface area contributed by atoms with Gasteiger partial charge in [-0.1, -0.05) is 20.3 Å². The number of carbonyl (C=O) groups is 1. The zero-order valence-electron chi connectivity index (χ0n) is 13.5. The number of hydrogen-bond acceptors (Lipinski definition) is 3. The first-order valence-corrected chi connectivity index (χ1v) is 9.07. The lowest BCUT2D eigenvalue weighted by atomic mass is 9.99. The van der Waals surface area contributed by atoms with Gasteiger partial charge in [0.2, 0.25) is 0 Å². The molecule has 0 spiro atoms. The Balaban J connectivity index is 1.78. The molecule has 1 amide bonds. The first-order chi connectivity index (χ1) is 10.1. The SMILES string of the molecule is CCCc1cc(C(=O)N[C@@H](C)CN2CCC(C)CC2)cs1. The Morgan fingerprint density at radius 3 is 2.86 bits per heavy atom. The molecule has 1 N–H and O–H groups in total. The number of nitrogens with zero attached hydrogens (tertiary/aromatic N) is 1. The van der Waals surface area contributed by atoms with Crippen molar-refractivity contribution in [1.82, 2.24) is 10.2 Å². The maximum Gasteiger partial charge on any atom is 0.252 e. The van der Waals surface area contributed by atoms with Gasteiger partial charge in [-0.3, -0.25) is 4.79 Å². The molecule has 21 heavy (non-hydrogen) atoms. The molecule has 1 fully saturated rings. The molecule has 1 aromatic heterocycles. The van der Waals surface area contributed by atoms with E-state index in [4.69, 9.17) is 0 Å². The van der Waals surface area contributed by atoms with Gasteiger partial charge in [0.15, 0.2) is 0 Å². The molecule has 2 rings (SSSR count). The van der Waals surface area contributed by atoms with Crippen LogP contribution < -0.4 is 5.32 Å². The Morgan fingerprint density at radius 2 is 2.19 bits per heavy atom. The first-order valence-electron chi connectivity index (χ1n) is 8.19. The average molecular weight is 308 g/mol. The smallest absolute Gasteiger partial charge is 0.252 e. The number of rotatable bonds is 6. The van der Waals surface area contributed by atoms with Crippen molar-refractivity contribution in [2.75, 3.05) is 19.6 Å². The van der Waals surface area contributed by atoms with Crippen LogP contribution in [-0.2, 0) is 6.42 Å². The van der Waals surface area contributed by atoms with Crippen LogP contribution in [0.1, 0.15) is 55.3 Å². The van der Waals surface area contributed by atoms with Gasteiger partial charge in [-0.25, -0.2) is 0 Å². The largest absolute Gasteiger partial charge is 0.348 e. The zero-order chi connectivity index (χ0) is 15.2. The Labute approximate surface area is 132 Å². The molecule has 3 nitrogen and oxygen atoms in total. The van der Waals surface area contributed by atoms with Crippen molar-refractivity contribution in [2.24, 2.45) is 5.92 Å². The molecule has 1 saturated heterocycles. The Bertz CT molecular complexity index is 449. The molecule has 0 radical (unpaired) electrons. The van der Waals surface area contributed by atoms with Crippen LogP contribution in [0.25, 0.3) is 0 Å². The molecule has 0 bridgehead atoms. The summed E-state index contributed by atoms with van der Waals surface area (Å²) >= 11 is 1.69. The summed E-state index contributed by atoms with van der Waals surface area (Å²) in [6, 6.07) is 2.25. The minimum atomic E-state index is 0.0754. The van der Waals surface area contributed by atoms with E-state index >= 15 is 0 Å². The predicted molar refractivity (Wildman–Crippen MR) is 90.1 cm³/mol. The fourth-order valence-electron chi connectivity index (χ4n) is 2.86. The molecule has 0 aromatic carbocycles. The molecule has 1 aliphatic heterocycles. The third-order valence-electron chi connectivity index (χ3n) is 4.20. The number of aryl methyl sites for hydroxylation is 1. The Kier molecular flexibility index (Phi) is 6.24. The topological polar surface area (TPSA) is 32.3 Å². The van der Waals surface area contributed by atoms with Crippen LogP contribution in [0, 0.1) is 5.92 Å². The van der Waals surface area contributed by atoms with Gasteiger partial charge in [0.1, 0.15) is 0 Å². The summed E-state index contributed by atoms with van der Waals surface area (Å²) in [6.07, 6.45) is 4.77. The zero-order valence-corrected chi connectivity index (χ0v) is 14.3. The van der Waals surface area contributed by atoms with E-state index in [2.05, 4.69) is 31.0 Å². The van der Waals surface area contributed by atoms with Gasteiger partial charge in [0.25, 0.3) is 5.91 Å². The Hall–Kier alpha value is -0.870. The third-order valence-corrected chi connectivity index (χ3v) is 5.19. The molecular weight excluding hydrogens is 280 g/mol. The number of amides is 1. The molecular formula is C17H28N2OS. The second-order valence-electron chi connectivity index (χ2n) is 6.41. The summed E-state index contributed by atoms with van der Waals surface area (Å²) in [7, 11) is 0. The van der Waals surface area contributed by atoms with Gasteiger partial charge in [-0.15, -0.1) is 11.3 Å². The summed E-state index contributed by atoms with van der Waals surface area (Å²) in [6.45, 7) is 9.90. The molecule has 1 atom stereocenters. The number of hydrogen-bond donors (Lipinski definition) is 1. The molecule has 2 heterocycles. The molecule has 1 aliphatic rings. The second kappa shape index (κ2) is 7.95. The van der Waals surface area contributed by atoms with E-state index in [9.17, 15) is 4.79 Å². The highest BCUT2D eigenvalue weighted by Gasteiger charge is 2.19. The van der Waals surface area contributed by atoms with E-state index in [0.717, 1.165) is 30.9 Å². The van der Waals surface area contributed by atoms with Crippen molar-refractivity contribution in [3.63, 3.8) is 0 Å². The summed E-state index contributed by atoms with van der Waals surface area (Å²) in [5.74, 6) is 0.931. The van der Waals surface area contributed by atoms with E-state index in [1.807, 2.05) is 11.4 Å². The van der Waals surface area contributed by atoms with Crippen LogP contribution in [0.5, 0.6) is 0 Å². The minimum Gasteiger partial charge on any atom is -0.348 e. The quantitative estimate of drug-likeness (QED) is 0.871. The van der Waals surface area contributed by atoms with Gasteiger partial charge in [-0.2, -0.15) is 0 Å². The van der Waals surface area contributed by atoms with Crippen molar-refractivity contribution >= 4 is 17.2 Å². The molecule has 118 valence electrons. The van der Waals surface area contributed by atoms with Crippen molar-refractivity contribution in [2.45, 2.75) is 52.5 Å². The van der Waals surface area contributed by atoms with Crippen molar-refractivity contribution in [3.8, 4) is 0 Å². The van der Waals surface area contributed by atoms with Gasteiger partial charge in [0.05, 0.1) is 5.56 Å². The van der Waals surface area contributed by atoms with Crippen molar-refractivity contribution < 1.29 is 4.79 Å². The van der Waals surface area contributed by atoms with Crippen LogP contribution in [0.3, 0.4) is 0 Å². The van der Waals surface area contributed by atoms with E-state index in [1.54, 1.807) is 11.3 Å². The highest BCUT2D eigenvalue weighted by molar-refractivity contribution is 7.10. The maximum atomic E-state index is 12.2. The standard InChI is InChI=1S/C17H28N2OS/c1-4-5-16-10-15(12-21-16)17(20)18-14(3)11-19-8-6-13(2)7-9-19/h10,12-14H,4-9,11H2,1-3H3,(H,18,20)/t14-/m0/s1. The van der Waals surface area contributed by atoms with Crippen LogP contribution in [0.15, 0.2) is 11.4 Å². The van der Waals surface area contributed by atoms with Crippen LogP contribution >= 0.6 is 11.3 Å². The fourth-order valence-corrected chi connectivity index (χ4v) is 3.83. The number of thiophene rings is 1. The van der Waals surface area contributed by atoms with Crippen LogP contribution in [0.4, 0.5) is 0 Å². The molecule has 0 unspecified atom stereocenters. The third kappa shape index (κ3) is 5.11. The summed E-state index contributed by atoms with van der Waals surface area (Å²) in [5, 5.41) is 5.12. The lowest BCUT2D eigenvalue weighted by Gasteiger charge is -2.32. The number of nitrogens with one attached hydrogen (secondary N) is 1. The maximum absolute atomic E-state index is 12.2. The summed E-state index contributed by atoms with van der Waals surface area (Å²) < 4.78 is 0. The monoisotopic (exact) mass is 308 g/mol. The predicted octanol–water partition coefficient (Wildman–Crippen LogP) is 3.55. The first kappa shape index (κ1) is 16.5. The number of piperidine rings is 1.